The van der Waals surface area contributed by atoms with Crippen LogP contribution < -0.4 is 9.80 Å². The maximum absolute atomic E-state index is 8.82. The highest BCUT2D eigenvalue weighted by atomic mass is 15.4. The zero-order valence-corrected chi connectivity index (χ0v) is 14.9. The number of hydrogen-bond donors (Lipinski definition) is 1. The molecule has 3 nitrogen and oxygen atoms in total. The molecule has 0 saturated carbocycles. The van der Waals surface area contributed by atoms with Crippen LogP contribution in [0, 0.1) is 12.3 Å². The van der Waals surface area contributed by atoms with Crippen molar-refractivity contribution in [3.8, 4) is 0 Å². The minimum absolute atomic E-state index is 0.199. The molecule has 2 aromatic rings. The summed E-state index contributed by atoms with van der Waals surface area (Å²) in [5.74, 6) is 0.490. The molecule has 3 rings (SSSR count). The van der Waals surface area contributed by atoms with E-state index in [1.165, 1.54) is 16.7 Å². The van der Waals surface area contributed by atoms with Crippen molar-refractivity contribution < 1.29 is 0 Å². The Morgan fingerprint density at radius 1 is 1.12 bits per heavy atom. The molecule has 0 saturated heterocycles. The third-order valence-corrected chi connectivity index (χ3v) is 4.51. The molecule has 1 aliphatic carbocycles. The zero-order valence-electron chi connectivity index (χ0n) is 14.9. The Bertz CT molecular complexity index is 789. The average molecular weight is 319 g/mol. The third-order valence-electron chi connectivity index (χ3n) is 4.51. The van der Waals surface area contributed by atoms with Crippen molar-refractivity contribution in [3.05, 3.63) is 65.2 Å². The average Bonchev–Trinajstić information content (AvgIpc) is 3.03. The summed E-state index contributed by atoms with van der Waals surface area (Å²) in [5.41, 5.74) is 5.93. The first kappa shape index (κ1) is 16.3. The summed E-state index contributed by atoms with van der Waals surface area (Å²) in [6.07, 6.45) is 5.36. The van der Waals surface area contributed by atoms with Crippen LogP contribution in [0.3, 0.4) is 0 Å². The van der Waals surface area contributed by atoms with Crippen LogP contribution in [0.15, 0.2) is 48.5 Å². The summed E-state index contributed by atoms with van der Waals surface area (Å²) < 4.78 is 0. The maximum Gasteiger partial charge on any atom is 0.202 e. The first-order valence-electron chi connectivity index (χ1n) is 8.45. The summed E-state index contributed by atoms with van der Waals surface area (Å²) in [6.45, 7) is 6.35. The van der Waals surface area contributed by atoms with E-state index in [1.807, 2.05) is 18.0 Å². The van der Waals surface area contributed by atoms with Gasteiger partial charge < -0.3 is 9.80 Å². The molecule has 1 N–H and O–H groups in total. The van der Waals surface area contributed by atoms with Gasteiger partial charge >= 0.3 is 0 Å². The Kier molecular flexibility index (Phi) is 4.43. The van der Waals surface area contributed by atoms with E-state index in [4.69, 9.17) is 5.41 Å². The second-order valence-electron chi connectivity index (χ2n) is 6.64. The lowest BCUT2D eigenvalue weighted by Crippen LogP contribution is -2.46. The lowest BCUT2D eigenvalue weighted by Gasteiger charge is -2.35. The smallest absolute Gasteiger partial charge is 0.202 e. The van der Waals surface area contributed by atoms with E-state index in [2.05, 4.69) is 74.2 Å². The lowest BCUT2D eigenvalue weighted by molar-refractivity contribution is 0.792. The number of fused-ring (bicyclic) bond motifs is 1. The van der Waals surface area contributed by atoms with Gasteiger partial charge in [0.05, 0.1) is 5.69 Å². The van der Waals surface area contributed by atoms with E-state index in [-0.39, 0.29) is 6.04 Å². The molecule has 0 fully saturated rings. The van der Waals surface area contributed by atoms with E-state index in [9.17, 15) is 0 Å². The van der Waals surface area contributed by atoms with E-state index in [0.29, 0.717) is 5.96 Å². The number of nitrogens with zero attached hydrogens (tertiary/aromatic N) is 2. The van der Waals surface area contributed by atoms with Crippen molar-refractivity contribution >= 4 is 23.4 Å². The molecule has 0 heterocycles. The van der Waals surface area contributed by atoms with Gasteiger partial charge in [0.25, 0.3) is 0 Å². The summed E-state index contributed by atoms with van der Waals surface area (Å²) in [4.78, 5) is 4.06. The third kappa shape index (κ3) is 2.94. The van der Waals surface area contributed by atoms with Crippen LogP contribution in [0.4, 0.5) is 11.4 Å². The van der Waals surface area contributed by atoms with Gasteiger partial charge in [0.15, 0.2) is 0 Å². The molecule has 0 unspecified atom stereocenters. The molecular weight excluding hydrogens is 294 g/mol. The highest BCUT2D eigenvalue weighted by Crippen LogP contribution is 2.32. The number of benzene rings is 2. The number of anilines is 2. The van der Waals surface area contributed by atoms with Crippen LogP contribution in [-0.2, 0) is 6.42 Å². The SMILES string of the molecule is Cc1cccc(N(C)C(=N)N(c2cccc3c2C=CC3)C(C)C)c1. The molecule has 0 spiro atoms. The molecule has 24 heavy (non-hydrogen) atoms. The van der Waals surface area contributed by atoms with Gasteiger partial charge in [-0.3, -0.25) is 5.41 Å². The monoisotopic (exact) mass is 319 g/mol. The summed E-state index contributed by atoms with van der Waals surface area (Å²) in [7, 11) is 1.96. The van der Waals surface area contributed by atoms with Gasteiger partial charge in [-0.1, -0.05) is 36.4 Å². The molecule has 0 aliphatic heterocycles. The van der Waals surface area contributed by atoms with Crippen molar-refractivity contribution in [3.63, 3.8) is 0 Å². The van der Waals surface area contributed by atoms with Crippen LogP contribution in [0.5, 0.6) is 0 Å². The first-order valence-corrected chi connectivity index (χ1v) is 8.45. The highest BCUT2D eigenvalue weighted by molar-refractivity contribution is 6.06. The van der Waals surface area contributed by atoms with Gasteiger partial charge in [0.2, 0.25) is 5.96 Å². The second-order valence-corrected chi connectivity index (χ2v) is 6.64. The Hall–Kier alpha value is -2.55. The fourth-order valence-corrected chi connectivity index (χ4v) is 3.24. The summed E-state index contributed by atoms with van der Waals surface area (Å²) >= 11 is 0. The van der Waals surface area contributed by atoms with Crippen molar-refractivity contribution in [2.24, 2.45) is 0 Å². The van der Waals surface area contributed by atoms with Gasteiger partial charge in [-0.05, 0) is 56.5 Å². The van der Waals surface area contributed by atoms with Gasteiger partial charge in [-0.2, -0.15) is 0 Å². The topological polar surface area (TPSA) is 30.3 Å². The molecule has 0 radical (unpaired) electrons. The van der Waals surface area contributed by atoms with E-state index >= 15 is 0 Å². The predicted molar refractivity (Wildman–Crippen MR) is 104 cm³/mol. The van der Waals surface area contributed by atoms with Gasteiger partial charge in [-0.25, -0.2) is 0 Å². The lowest BCUT2D eigenvalue weighted by atomic mass is 10.1. The first-order chi connectivity index (χ1) is 11.5. The van der Waals surface area contributed by atoms with Crippen LogP contribution >= 0.6 is 0 Å². The quantitative estimate of drug-likeness (QED) is 0.647. The van der Waals surface area contributed by atoms with Crippen LogP contribution in [0.2, 0.25) is 0 Å². The molecule has 0 atom stereocenters. The minimum atomic E-state index is 0.199. The fraction of sp³-hybridized carbons (Fsp3) is 0.286. The van der Waals surface area contributed by atoms with Crippen molar-refractivity contribution in [2.75, 3.05) is 16.8 Å². The summed E-state index contributed by atoms with van der Waals surface area (Å²) in [6, 6.07) is 14.9. The van der Waals surface area contributed by atoms with Gasteiger partial charge in [0, 0.05) is 24.3 Å². The molecule has 2 aromatic carbocycles. The number of guanidine groups is 1. The number of rotatable bonds is 3. The van der Waals surface area contributed by atoms with Gasteiger partial charge in [-0.15, -0.1) is 0 Å². The fourth-order valence-electron chi connectivity index (χ4n) is 3.24. The molecule has 1 aliphatic rings. The molecule has 124 valence electrons. The standard InChI is InChI=1S/C21H25N3/c1-15(2)24(20-13-7-10-17-9-6-12-19(17)20)21(22)23(4)18-11-5-8-16(3)14-18/h5-8,10-15,22H,9H2,1-4H3. The second kappa shape index (κ2) is 6.52. The molecule has 0 amide bonds. The van der Waals surface area contributed by atoms with Crippen LogP contribution in [0.1, 0.15) is 30.5 Å². The van der Waals surface area contributed by atoms with E-state index in [0.717, 1.165) is 17.8 Å². The molecule has 0 aromatic heterocycles. The Balaban J connectivity index is 1.99. The number of aryl methyl sites for hydroxylation is 1. The van der Waals surface area contributed by atoms with E-state index in [1.54, 1.807) is 0 Å². The Morgan fingerprint density at radius 2 is 1.88 bits per heavy atom. The van der Waals surface area contributed by atoms with Crippen molar-refractivity contribution in [1.29, 1.82) is 5.41 Å². The molecule has 3 heteroatoms. The Morgan fingerprint density at radius 3 is 2.58 bits per heavy atom. The number of allylic oxidation sites excluding steroid dienone is 1. The van der Waals surface area contributed by atoms with Crippen LogP contribution in [-0.4, -0.2) is 19.0 Å². The van der Waals surface area contributed by atoms with Crippen molar-refractivity contribution in [2.45, 2.75) is 33.2 Å². The Labute approximate surface area is 144 Å². The predicted octanol–water partition coefficient (Wildman–Crippen LogP) is 4.85. The van der Waals surface area contributed by atoms with Crippen molar-refractivity contribution in [1.82, 2.24) is 0 Å². The highest BCUT2D eigenvalue weighted by Gasteiger charge is 2.23. The maximum atomic E-state index is 8.82. The van der Waals surface area contributed by atoms with Crippen LogP contribution in [0.25, 0.3) is 6.08 Å². The largest absolute Gasteiger partial charge is 0.316 e. The number of nitrogens with one attached hydrogen (secondary N) is 1. The molecular formula is C21H25N3. The normalized spacial score (nSPS) is 12.4. The number of hydrogen-bond acceptors (Lipinski definition) is 1. The molecule has 0 bridgehead atoms. The van der Waals surface area contributed by atoms with E-state index < -0.39 is 0 Å². The van der Waals surface area contributed by atoms with Gasteiger partial charge in [0.1, 0.15) is 0 Å². The minimum Gasteiger partial charge on any atom is -0.316 e. The zero-order chi connectivity index (χ0) is 17.3. The summed E-state index contributed by atoms with van der Waals surface area (Å²) in [5, 5.41) is 8.82.